The molecule has 1 aromatic rings. The molecule has 1 heterocycles. The van der Waals surface area contributed by atoms with E-state index in [-0.39, 0.29) is 0 Å². The summed E-state index contributed by atoms with van der Waals surface area (Å²) >= 11 is 2.40. The number of nitrogens with zero attached hydrogens (tertiary/aromatic N) is 1. The summed E-state index contributed by atoms with van der Waals surface area (Å²) < 4.78 is 1.34. The van der Waals surface area contributed by atoms with Gasteiger partial charge >= 0.3 is 0 Å². The highest BCUT2D eigenvalue weighted by molar-refractivity contribution is 14.1. The SMILES string of the molecule is Cc1ccc(NC2CCN(C)CC2)cc1I. The van der Waals surface area contributed by atoms with Gasteiger partial charge < -0.3 is 10.2 Å². The third-order valence-electron chi connectivity index (χ3n) is 3.26. The Hall–Kier alpha value is -0.290. The van der Waals surface area contributed by atoms with Crippen LogP contribution in [0.3, 0.4) is 0 Å². The lowest BCUT2D eigenvalue weighted by molar-refractivity contribution is 0.264. The first-order valence-electron chi connectivity index (χ1n) is 5.86. The van der Waals surface area contributed by atoms with Crippen molar-refractivity contribution in [1.29, 1.82) is 0 Å². The molecule has 2 nitrogen and oxygen atoms in total. The van der Waals surface area contributed by atoms with Crippen molar-refractivity contribution in [3.05, 3.63) is 27.3 Å². The van der Waals surface area contributed by atoms with Crippen molar-refractivity contribution >= 4 is 28.3 Å². The van der Waals surface area contributed by atoms with Crippen molar-refractivity contribution in [1.82, 2.24) is 4.90 Å². The predicted molar refractivity (Wildman–Crippen MR) is 78.0 cm³/mol. The van der Waals surface area contributed by atoms with E-state index in [4.69, 9.17) is 0 Å². The van der Waals surface area contributed by atoms with Crippen LogP contribution in [0.15, 0.2) is 18.2 Å². The maximum absolute atomic E-state index is 3.64. The zero-order valence-corrected chi connectivity index (χ0v) is 12.1. The first-order chi connectivity index (χ1) is 7.65. The molecule has 1 N–H and O–H groups in total. The number of hydrogen-bond donors (Lipinski definition) is 1. The van der Waals surface area contributed by atoms with Crippen LogP contribution < -0.4 is 5.32 Å². The standard InChI is InChI=1S/C13H19IN2/c1-10-3-4-12(9-13(10)14)15-11-5-7-16(2)8-6-11/h3-4,9,11,15H,5-8H2,1-2H3. The fourth-order valence-corrected chi connectivity index (χ4v) is 2.59. The van der Waals surface area contributed by atoms with E-state index in [1.165, 1.54) is 40.8 Å². The van der Waals surface area contributed by atoms with Gasteiger partial charge in [0.2, 0.25) is 0 Å². The van der Waals surface area contributed by atoms with Gasteiger partial charge in [-0.05, 0) is 80.2 Å². The van der Waals surface area contributed by atoms with E-state index in [9.17, 15) is 0 Å². The second-order valence-corrected chi connectivity index (χ2v) is 5.85. The maximum atomic E-state index is 3.64. The molecule has 0 atom stereocenters. The lowest BCUT2D eigenvalue weighted by atomic mass is 10.1. The Labute approximate surface area is 112 Å². The summed E-state index contributed by atoms with van der Waals surface area (Å²) in [5, 5.41) is 3.64. The van der Waals surface area contributed by atoms with Crippen LogP contribution in [-0.4, -0.2) is 31.1 Å². The minimum absolute atomic E-state index is 0.648. The van der Waals surface area contributed by atoms with E-state index >= 15 is 0 Å². The molecule has 0 amide bonds. The van der Waals surface area contributed by atoms with E-state index in [0.717, 1.165) is 0 Å². The van der Waals surface area contributed by atoms with Gasteiger partial charge in [-0.25, -0.2) is 0 Å². The van der Waals surface area contributed by atoms with Gasteiger partial charge in [0.15, 0.2) is 0 Å². The van der Waals surface area contributed by atoms with Crippen LogP contribution in [0.2, 0.25) is 0 Å². The Bertz CT molecular complexity index is 357. The molecule has 16 heavy (non-hydrogen) atoms. The van der Waals surface area contributed by atoms with Crippen LogP contribution in [0.5, 0.6) is 0 Å². The number of rotatable bonds is 2. The number of nitrogens with one attached hydrogen (secondary N) is 1. The van der Waals surface area contributed by atoms with Gasteiger partial charge in [0, 0.05) is 15.3 Å². The van der Waals surface area contributed by atoms with Crippen molar-refractivity contribution in [2.75, 3.05) is 25.5 Å². The Balaban J connectivity index is 1.96. The molecular formula is C13H19IN2. The second-order valence-electron chi connectivity index (χ2n) is 4.69. The highest BCUT2D eigenvalue weighted by Gasteiger charge is 2.16. The third kappa shape index (κ3) is 3.10. The number of benzene rings is 1. The van der Waals surface area contributed by atoms with Gasteiger partial charge in [-0.15, -0.1) is 0 Å². The molecule has 3 heteroatoms. The van der Waals surface area contributed by atoms with E-state index < -0.39 is 0 Å². The molecule has 2 rings (SSSR count). The number of halogens is 1. The van der Waals surface area contributed by atoms with E-state index in [1.54, 1.807) is 0 Å². The molecule has 1 aromatic carbocycles. The topological polar surface area (TPSA) is 15.3 Å². The third-order valence-corrected chi connectivity index (χ3v) is 4.42. The molecule has 1 fully saturated rings. The second kappa shape index (κ2) is 5.36. The molecule has 0 unspecified atom stereocenters. The quantitative estimate of drug-likeness (QED) is 0.839. The minimum atomic E-state index is 0.648. The lowest BCUT2D eigenvalue weighted by Gasteiger charge is -2.30. The normalized spacial score (nSPS) is 18.7. The summed E-state index contributed by atoms with van der Waals surface area (Å²) in [4.78, 5) is 2.40. The summed E-state index contributed by atoms with van der Waals surface area (Å²) in [6, 6.07) is 7.28. The average Bonchev–Trinajstić information content (AvgIpc) is 2.27. The van der Waals surface area contributed by atoms with E-state index in [1.807, 2.05) is 0 Å². The molecule has 1 aliphatic heterocycles. The Morgan fingerprint density at radius 2 is 2.00 bits per heavy atom. The number of anilines is 1. The minimum Gasteiger partial charge on any atom is -0.382 e. The molecule has 0 aromatic heterocycles. The van der Waals surface area contributed by atoms with Gasteiger partial charge in [-0.1, -0.05) is 6.07 Å². The summed E-state index contributed by atoms with van der Waals surface area (Å²) in [5.74, 6) is 0. The van der Waals surface area contributed by atoms with Crippen LogP contribution in [0.25, 0.3) is 0 Å². The first-order valence-corrected chi connectivity index (χ1v) is 6.94. The van der Waals surface area contributed by atoms with E-state index in [0.29, 0.717) is 6.04 Å². The van der Waals surface area contributed by atoms with Gasteiger partial charge in [0.05, 0.1) is 0 Å². The van der Waals surface area contributed by atoms with Gasteiger partial charge in [0.1, 0.15) is 0 Å². The van der Waals surface area contributed by atoms with Gasteiger partial charge in [0.25, 0.3) is 0 Å². The average molecular weight is 330 g/mol. The first kappa shape index (κ1) is 12.2. The predicted octanol–water partition coefficient (Wildman–Crippen LogP) is 3.11. The van der Waals surface area contributed by atoms with Crippen LogP contribution >= 0.6 is 22.6 Å². The number of aryl methyl sites for hydroxylation is 1. The van der Waals surface area contributed by atoms with Crippen LogP contribution in [0, 0.1) is 10.5 Å². The summed E-state index contributed by atoms with van der Waals surface area (Å²) in [6.45, 7) is 4.57. The molecule has 88 valence electrons. The summed E-state index contributed by atoms with van der Waals surface area (Å²) in [5.41, 5.74) is 2.62. The zero-order chi connectivity index (χ0) is 11.5. The van der Waals surface area contributed by atoms with Crippen molar-refractivity contribution in [2.45, 2.75) is 25.8 Å². The molecule has 1 aliphatic rings. The van der Waals surface area contributed by atoms with Gasteiger partial charge in [-0.3, -0.25) is 0 Å². The van der Waals surface area contributed by atoms with Crippen LogP contribution in [0.1, 0.15) is 18.4 Å². The van der Waals surface area contributed by atoms with Crippen molar-refractivity contribution in [3.8, 4) is 0 Å². The van der Waals surface area contributed by atoms with Crippen LogP contribution in [-0.2, 0) is 0 Å². The summed E-state index contributed by atoms with van der Waals surface area (Å²) in [6.07, 6.45) is 2.50. The fourth-order valence-electron chi connectivity index (χ4n) is 2.07. The van der Waals surface area contributed by atoms with Crippen LogP contribution in [0.4, 0.5) is 5.69 Å². The van der Waals surface area contributed by atoms with Crippen molar-refractivity contribution in [3.63, 3.8) is 0 Å². The highest BCUT2D eigenvalue weighted by Crippen LogP contribution is 2.20. The summed E-state index contributed by atoms with van der Waals surface area (Å²) in [7, 11) is 2.20. The number of hydrogen-bond acceptors (Lipinski definition) is 2. The van der Waals surface area contributed by atoms with Gasteiger partial charge in [-0.2, -0.15) is 0 Å². The van der Waals surface area contributed by atoms with E-state index in [2.05, 4.69) is 65.0 Å². The molecular weight excluding hydrogens is 311 g/mol. The molecule has 0 aliphatic carbocycles. The van der Waals surface area contributed by atoms with Crippen molar-refractivity contribution in [2.24, 2.45) is 0 Å². The Kier molecular flexibility index (Phi) is 4.08. The smallest absolute Gasteiger partial charge is 0.0353 e. The maximum Gasteiger partial charge on any atom is 0.0353 e. The Morgan fingerprint density at radius 3 is 2.62 bits per heavy atom. The fraction of sp³-hybridized carbons (Fsp3) is 0.538. The molecule has 0 radical (unpaired) electrons. The Morgan fingerprint density at radius 1 is 1.31 bits per heavy atom. The van der Waals surface area contributed by atoms with Crippen molar-refractivity contribution < 1.29 is 0 Å². The number of likely N-dealkylation sites (tertiary alicyclic amines) is 1. The highest BCUT2D eigenvalue weighted by atomic mass is 127. The lowest BCUT2D eigenvalue weighted by Crippen LogP contribution is -2.36. The molecule has 0 spiro atoms. The molecule has 0 bridgehead atoms. The largest absolute Gasteiger partial charge is 0.382 e. The monoisotopic (exact) mass is 330 g/mol. The molecule has 0 saturated carbocycles. The number of piperidine rings is 1. The molecule has 1 saturated heterocycles. The zero-order valence-electron chi connectivity index (χ0n) is 9.96.